The van der Waals surface area contributed by atoms with E-state index in [1.165, 1.54) is 0 Å². The average Bonchev–Trinajstić information content (AvgIpc) is 3.42. The summed E-state index contributed by atoms with van der Waals surface area (Å²) in [6.07, 6.45) is 2.97. The third kappa shape index (κ3) is 3.16. The molecule has 0 bridgehead atoms. The number of nitrogen functional groups attached to an aromatic ring is 1. The number of aromatic nitrogens is 2. The molecule has 4 rings (SSSR count). The van der Waals surface area contributed by atoms with Gasteiger partial charge in [0.25, 0.3) is 5.56 Å². The Morgan fingerprint density at radius 2 is 2.07 bits per heavy atom. The molecular weight excluding hydrogens is 356 g/mol. The highest BCUT2D eigenvalue weighted by atomic mass is 16.2. The lowest BCUT2D eigenvalue weighted by Gasteiger charge is -2.23. The standard InChI is InChI=1S/C20H26N6O2/c1-13-17(24-10-7-14(12-24)11-23-9-8-22-2)6-5-16-18(13)25(15-3-4-15)20(28)26(21)19(16)27/h5-6,14-15,23H,3-4,7-12,21H2,1H3. The number of nitrogens with zero attached hydrogens (tertiary/aromatic N) is 4. The summed E-state index contributed by atoms with van der Waals surface area (Å²) in [6, 6.07) is 3.93. The second kappa shape index (κ2) is 7.32. The van der Waals surface area contributed by atoms with Gasteiger partial charge in [0.05, 0.1) is 17.4 Å². The fourth-order valence-electron chi connectivity index (χ4n) is 4.27. The van der Waals surface area contributed by atoms with E-state index in [0.717, 1.165) is 66.9 Å². The van der Waals surface area contributed by atoms with Gasteiger partial charge in [-0.15, -0.1) is 0 Å². The highest BCUT2D eigenvalue weighted by Crippen LogP contribution is 2.38. The van der Waals surface area contributed by atoms with Crippen LogP contribution >= 0.6 is 0 Å². The SMILES string of the molecule is [C-]#[N+]CCNCC1CCN(c2ccc3c(=O)n(N)c(=O)n(C4CC4)c3c2C)C1. The zero-order valence-corrected chi connectivity index (χ0v) is 16.1. The predicted octanol–water partition coefficient (Wildman–Crippen LogP) is 0.856. The van der Waals surface area contributed by atoms with E-state index in [2.05, 4.69) is 15.1 Å². The fourth-order valence-corrected chi connectivity index (χ4v) is 4.27. The molecule has 3 N–H and O–H groups in total. The van der Waals surface area contributed by atoms with Crippen molar-refractivity contribution in [1.82, 2.24) is 14.6 Å². The second-order valence-corrected chi connectivity index (χ2v) is 7.85. The highest BCUT2D eigenvalue weighted by Gasteiger charge is 2.30. The number of anilines is 1. The van der Waals surface area contributed by atoms with Crippen molar-refractivity contribution in [1.29, 1.82) is 0 Å². The van der Waals surface area contributed by atoms with Crippen LogP contribution < -0.4 is 27.3 Å². The number of benzene rings is 1. The number of fused-ring (bicyclic) bond motifs is 1. The largest absolute Gasteiger partial charge is 0.371 e. The third-order valence-electron chi connectivity index (χ3n) is 5.88. The molecule has 2 fully saturated rings. The Morgan fingerprint density at radius 3 is 2.79 bits per heavy atom. The van der Waals surface area contributed by atoms with Gasteiger partial charge >= 0.3 is 5.69 Å². The van der Waals surface area contributed by atoms with E-state index in [1.54, 1.807) is 4.57 Å². The van der Waals surface area contributed by atoms with Gasteiger partial charge in [0.15, 0.2) is 0 Å². The van der Waals surface area contributed by atoms with Crippen LogP contribution in [-0.2, 0) is 0 Å². The van der Waals surface area contributed by atoms with Crippen LogP contribution in [0.15, 0.2) is 21.7 Å². The van der Waals surface area contributed by atoms with Gasteiger partial charge in [-0.2, -0.15) is 4.68 Å². The van der Waals surface area contributed by atoms with Crippen molar-refractivity contribution in [3.8, 4) is 0 Å². The second-order valence-electron chi connectivity index (χ2n) is 7.85. The summed E-state index contributed by atoms with van der Waals surface area (Å²) in [4.78, 5) is 30.9. The van der Waals surface area contributed by atoms with E-state index in [0.29, 0.717) is 17.8 Å². The quantitative estimate of drug-likeness (QED) is 0.439. The Kier molecular flexibility index (Phi) is 4.85. The van der Waals surface area contributed by atoms with Crippen molar-refractivity contribution in [3.63, 3.8) is 0 Å². The van der Waals surface area contributed by atoms with E-state index in [9.17, 15) is 9.59 Å². The van der Waals surface area contributed by atoms with Gasteiger partial charge < -0.3 is 20.9 Å². The molecule has 0 radical (unpaired) electrons. The van der Waals surface area contributed by atoms with Crippen LogP contribution in [0.1, 0.15) is 30.9 Å². The van der Waals surface area contributed by atoms with Crippen LogP contribution in [0.3, 0.4) is 0 Å². The molecule has 1 atom stereocenters. The third-order valence-corrected chi connectivity index (χ3v) is 5.88. The summed E-state index contributed by atoms with van der Waals surface area (Å²) < 4.78 is 2.45. The van der Waals surface area contributed by atoms with Gasteiger partial charge in [0.1, 0.15) is 0 Å². The smallest absolute Gasteiger partial charge is 0.350 e. The van der Waals surface area contributed by atoms with Crippen molar-refractivity contribution < 1.29 is 0 Å². The molecule has 8 heteroatoms. The van der Waals surface area contributed by atoms with E-state index in [4.69, 9.17) is 12.4 Å². The predicted molar refractivity (Wildman–Crippen MR) is 110 cm³/mol. The lowest BCUT2D eigenvalue weighted by atomic mass is 10.1. The van der Waals surface area contributed by atoms with Crippen LogP contribution in [0.2, 0.25) is 0 Å². The fraction of sp³-hybridized carbons (Fsp3) is 0.550. The summed E-state index contributed by atoms with van der Waals surface area (Å²) in [5.74, 6) is 6.28. The van der Waals surface area contributed by atoms with Crippen molar-refractivity contribution >= 4 is 16.6 Å². The van der Waals surface area contributed by atoms with Crippen LogP contribution in [-0.4, -0.2) is 42.0 Å². The first kappa shape index (κ1) is 18.6. The molecule has 2 aromatic rings. The molecule has 148 valence electrons. The number of nitrogens with one attached hydrogen (secondary N) is 1. The Balaban J connectivity index is 1.67. The molecule has 2 heterocycles. The zero-order valence-electron chi connectivity index (χ0n) is 16.1. The van der Waals surface area contributed by atoms with Gasteiger partial charge in [0.2, 0.25) is 6.54 Å². The van der Waals surface area contributed by atoms with Crippen LogP contribution in [0.25, 0.3) is 15.7 Å². The minimum absolute atomic E-state index is 0.136. The molecule has 1 unspecified atom stereocenters. The van der Waals surface area contributed by atoms with Gasteiger partial charge in [0, 0.05) is 24.8 Å². The number of rotatable bonds is 6. The monoisotopic (exact) mass is 382 g/mol. The summed E-state index contributed by atoms with van der Waals surface area (Å²) in [5, 5.41) is 3.86. The highest BCUT2D eigenvalue weighted by molar-refractivity contribution is 5.87. The minimum Gasteiger partial charge on any atom is -0.371 e. The molecule has 1 aliphatic carbocycles. The van der Waals surface area contributed by atoms with Crippen LogP contribution in [0, 0.1) is 19.4 Å². The first-order chi connectivity index (χ1) is 13.5. The molecular formula is C20H26N6O2. The van der Waals surface area contributed by atoms with Crippen LogP contribution in [0.4, 0.5) is 5.69 Å². The molecule has 8 nitrogen and oxygen atoms in total. The summed E-state index contributed by atoms with van der Waals surface area (Å²) in [6.45, 7) is 12.9. The van der Waals surface area contributed by atoms with Crippen molar-refractivity contribution in [2.45, 2.75) is 32.2 Å². The minimum atomic E-state index is -0.435. The van der Waals surface area contributed by atoms with Gasteiger partial charge in [-0.25, -0.2) is 11.4 Å². The Morgan fingerprint density at radius 1 is 1.29 bits per heavy atom. The van der Waals surface area contributed by atoms with Crippen molar-refractivity contribution in [2.75, 3.05) is 43.5 Å². The molecule has 2 aliphatic rings. The van der Waals surface area contributed by atoms with Crippen molar-refractivity contribution in [3.05, 3.63) is 50.0 Å². The Labute approximate surface area is 163 Å². The molecule has 0 amide bonds. The van der Waals surface area contributed by atoms with E-state index < -0.39 is 11.2 Å². The molecule has 28 heavy (non-hydrogen) atoms. The van der Waals surface area contributed by atoms with Crippen LogP contribution in [0.5, 0.6) is 0 Å². The maximum absolute atomic E-state index is 12.7. The number of hydrogen-bond acceptors (Lipinski definition) is 5. The molecule has 1 saturated carbocycles. The molecule has 1 aromatic carbocycles. The summed E-state index contributed by atoms with van der Waals surface area (Å²) >= 11 is 0. The van der Waals surface area contributed by atoms with E-state index in [-0.39, 0.29) is 6.04 Å². The lowest BCUT2D eigenvalue weighted by molar-refractivity contribution is 0.526. The van der Waals surface area contributed by atoms with E-state index >= 15 is 0 Å². The molecule has 1 aliphatic heterocycles. The lowest BCUT2D eigenvalue weighted by Crippen LogP contribution is -2.44. The number of hydrogen-bond donors (Lipinski definition) is 2. The Bertz CT molecular complexity index is 1060. The number of aryl methyl sites for hydroxylation is 1. The van der Waals surface area contributed by atoms with Gasteiger partial charge in [-0.1, -0.05) is 0 Å². The maximum atomic E-state index is 12.7. The average molecular weight is 382 g/mol. The Hall–Kier alpha value is -2.79. The summed E-state index contributed by atoms with van der Waals surface area (Å²) in [7, 11) is 0. The summed E-state index contributed by atoms with van der Waals surface area (Å²) in [5.41, 5.74) is 1.92. The molecule has 1 aromatic heterocycles. The van der Waals surface area contributed by atoms with E-state index in [1.807, 2.05) is 19.1 Å². The normalized spacial score (nSPS) is 19.3. The first-order valence-corrected chi connectivity index (χ1v) is 9.87. The van der Waals surface area contributed by atoms with Gasteiger partial charge in [-0.05, 0) is 56.3 Å². The first-order valence-electron chi connectivity index (χ1n) is 9.87. The topological polar surface area (TPSA) is 89.7 Å². The van der Waals surface area contributed by atoms with Crippen molar-refractivity contribution in [2.24, 2.45) is 5.92 Å². The zero-order chi connectivity index (χ0) is 19.8. The van der Waals surface area contributed by atoms with Gasteiger partial charge in [-0.3, -0.25) is 9.36 Å². The molecule has 1 saturated heterocycles. The number of nitrogens with two attached hydrogens (primary N) is 1. The maximum Gasteiger partial charge on any atom is 0.350 e. The molecule has 0 spiro atoms.